The Bertz CT molecular complexity index is 1260. The number of imidazole rings is 2. The first-order valence-corrected chi connectivity index (χ1v) is 10.8. The molecule has 4 heterocycles. The summed E-state index contributed by atoms with van der Waals surface area (Å²) < 4.78 is 23.0. The average Bonchev–Trinajstić information content (AvgIpc) is 3.46. The van der Waals surface area contributed by atoms with E-state index in [0.29, 0.717) is 49.8 Å². The van der Waals surface area contributed by atoms with Gasteiger partial charge in [0, 0.05) is 45.8 Å². The van der Waals surface area contributed by atoms with Gasteiger partial charge in [-0.25, -0.2) is 14.4 Å². The summed E-state index contributed by atoms with van der Waals surface area (Å²) in [7, 11) is 3.78. The molecule has 3 aromatic heterocycles. The van der Waals surface area contributed by atoms with Crippen LogP contribution < -0.4 is 15.5 Å². The predicted molar refractivity (Wildman–Crippen MR) is 124 cm³/mol. The number of aromatic nitrogens is 7. The molecular weight excluding hydrogens is 439 g/mol. The SMILES string of the molecule is Cn1cnc(N(c2nc(N)nc(N3CCOCC3)n2)[C@H](c2ccc(F)cc2)c2nccn2C)c1. The Labute approximate surface area is 195 Å². The van der Waals surface area contributed by atoms with Gasteiger partial charge in [-0.05, 0) is 17.7 Å². The zero-order valence-corrected chi connectivity index (χ0v) is 18.9. The number of nitrogens with two attached hydrogens (primary N) is 1. The molecule has 0 unspecified atom stereocenters. The van der Waals surface area contributed by atoms with Crippen LogP contribution in [0.5, 0.6) is 0 Å². The first-order chi connectivity index (χ1) is 16.5. The Morgan fingerprint density at radius 1 is 1.06 bits per heavy atom. The average molecular weight is 465 g/mol. The molecule has 1 fully saturated rings. The van der Waals surface area contributed by atoms with Gasteiger partial charge < -0.3 is 24.5 Å². The number of hydrogen-bond donors (Lipinski definition) is 1. The molecule has 0 radical (unpaired) electrons. The molecule has 4 aromatic rings. The van der Waals surface area contributed by atoms with Crippen LogP contribution in [0.1, 0.15) is 17.4 Å². The summed E-state index contributed by atoms with van der Waals surface area (Å²) >= 11 is 0. The minimum atomic E-state index is -0.519. The molecule has 0 aliphatic carbocycles. The molecule has 0 amide bonds. The molecule has 176 valence electrons. The van der Waals surface area contributed by atoms with Crippen LogP contribution in [0.15, 0.2) is 49.2 Å². The Balaban J connectivity index is 1.70. The highest BCUT2D eigenvalue weighted by Crippen LogP contribution is 2.36. The number of hydrogen-bond acceptors (Lipinski definition) is 9. The zero-order valence-electron chi connectivity index (χ0n) is 18.9. The van der Waals surface area contributed by atoms with Crippen molar-refractivity contribution < 1.29 is 9.13 Å². The molecule has 11 nitrogen and oxygen atoms in total. The summed E-state index contributed by atoms with van der Waals surface area (Å²) in [6.07, 6.45) is 7.11. The van der Waals surface area contributed by atoms with E-state index in [1.165, 1.54) is 12.1 Å². The topological polar surface area (TPSA) is 116 Å². The van der Waals surface area contributed by atoms with Gasteiger partial charge in [0.2, 0.25) is 17.8 Å². The van der Waals surface area contributed by atoms with Crippen molar-refractivity contribution in [1.82, 2.24) is 34.1 Å². The Hall–Kier alpha value is -4.06. The number of nitrogens with zero attached hydrogens (tertiary/aromatic N) is 9. The van der Waals surface area contributed by atoms with Crippen LogP contribution >= 0.6 is 0 Å². The van der Waals surface area contributed by atoms with Gasteiger partial charge in [0.25, 0.3) is 0 Å². The van der Waals surface area contributed by atoms with E-state index < -0.39 is 6.04 Å². The molecule has 1 atom stereocenters. The van der Waals surface area contributed by atoms with Crippen molar-refractivity contribution in [3.8, 4) is 0 Å². The van der Waals surface area contributed by atoms with Crippen LogP contribution in [0.3, 0.4) is 0 Å². The van der Waals surface area contributed by atoms with Crippen molar-refractivity contribution >= 4 is 23.7 Å². The van der Waals surface area contributed by atoms with E-state index in [1.54, 1.807) is 24.7 Å². The minimum absolute atomic E-state index is 0.0881. The summed E-state index contributed by atoms with van der Waals surface area (Å²) in [5.74, 6) is 1.81. The Kier molecular flexibility index (Phi) is 5.80. The van der Waals surface area contributed by atoms with Gasteiger partial charge in [-0.15, -0.1) is 0 Å². The van der Waals surface area contributed by atoms with Gasteiger partial charge in [-0.1, -0.05) is 12.1 Å². The summed E-state index contributed by atoms with van der Waals surface area (Å²) in [5, 5.41) is 0. The van der Waals surface area contributed by atoms with Crippen molar-refractivity contribution in [2.24, 2.45) is 14.1 Å². The van der Waals surface area contributed by atoms with Crippen molar-refractivity contribution in [2.45, 2.75) is 6.04 Å². The van der Waals surface area contributed by atoms with E-state index in [4.69, 9.17) is 15.5 Å². The van der Waals surface area contributed by atoms with Gasteiger partial charge in [0.15, 0.2) is 5.82 Å². The van der Waals surface area contributed by atoms with Crippen LogP contribution in [-0.4, -0.2) is 60.4 Å². The Morgan fingerprint density at radius 3 is 2.47 bits per heavy atom. The first-order valence-electron chi connectivity index (χ1n) is 10.8. The third kappa shape index (κ3) is 4.27. The maximum Gasteiger partial charge on any atom is 0.238 e. The number of benzene rings is 1. The molecule has 34 heavy (non-hydrogen) atoms. The summed E-state index contributed by atoms with van der Waals surface area (Å²) in [4.78, 5) is 26.6. The molecule has 1 aromatic carbocycles. The lowest BCUT2D eigenvalue weighted by molar-refractivity contribution is 0.122. The van der Waals surface area contributed by atoms with E-state index in [2.05, 4.69) is 19.9 Å². The van der Waals surface area contributed by atoms with Crippen LogP contribution in [0, 0.1) is 5.82 Å². The van der Waals surface area contributed by atoms with Gasteiger partial charge in [0.05, 0.1) is 19.5 Å². The number of anilines is 4. The number of ether oxygens (including phenoxy) is 1. The molecule has 12 heteroatoms. The van der Waals surface area contributed by atoms with Crippen LogP contribution in [-0.2, 0) is 18.8 Å². The number of aryl methyl sites for hydroxylation is 2. The molecule has 1 aliphatic heterocycles. The maximum absolute atomic E-state index is 13.8. The number of halogens is 1. The van der Waals surface area contributed by atoms with E-state index in [-0.39, 0.29) is 11.8 Å². The van der Waals surface area contributed by atoms with Crippen molar-refractivity contribution in [2.75, 3.05) is 41.8 Å². The molecular formula is C22H25FN10O. The zero-order chi connectivity index (χ0) is 23.7. The van der Waals surface area contributed by atoms with Crippen LogP contribution in [0.4, 0.5) is 28.1 Å². The first kappa shape index (κ1) is 21.8. The minimum Gasteiger partial charge on any atom is -0.378 e. The third-order valence-electron chi connectivity index (χ3n) is 5.62. The molecule has 1 aliphatic rings. The van der Waals surface area contributed by atoms with Crippen LogP contribution in [0.2, 0.25) is 0 Å². The lowest BCUT2D eigenvalue weighted by Crippen LogP contribution is -2.38. The fourth-order valence-corrected chi connectivity index (χ4v) is 3.95. The molecule has 1 saturated heterocycles. The summed E-state index contributed by atoms with van der Waals surface area (Å²) in [5.41, 5.74) is 6.94. The summed E-state index contributed by atoms with van der Waals surface area (Å²) in [6.45, 7) is 2.45. The predicted octanol–water partition coefficient (Wildman–Crippen LogP) is 1.82. The standard InChI is InChI=1S/C22H25FN10O/c1-30-13-17(26-14-30)33(22-28-20(24)27-21(29-22)32-9-11-34-12-10-32)18(19-25-7-8-31(19)2)15-3-5-16(23)6-4-15/h3-8,13-14,18H,9-12H2,1-2H3,(H2,24,27,28,29)/t18-/m1/s1. The van der Waals surface area contributed by atoms with Crippen LogP contribution in [0.25, 0.3) is 0 Å². The second-order valence-corrected chi connectivity index (χ2v) is 8.01. The van der Waals surface area contributed by atoms with Crippen molar-refractivity contribution in [1.29, 1.82) is 0 Å². The molecule has 2 N–H and O–H groups in total. The van der Waals surface area contributed by atoms with Gasteiger partial charge in [-0.3, -0.25) is 4.90 Å². The highest BCUT2D eigenvalue weighted by molar-refractivity contribution is 5.59. The van der Waals surface area contributed by atoms with E-state index >= 15 is 0 Å². The second kappa shape index (κ2) is 9.06. The van der Waals surface area contributed by atoms with E-state index in [9.17, 15) is 4.39 Å². The fourth-order valence-electron chi connectivity index (χ4n) is 3.95. The Morgan fingerprint density at radius 2 is 1.82 bits per heavy atom. The second-order valence-electron chi connectivity index (χ2n) is 8.01. The highest BCUT2D eigenvalue weighted by Gasteiger charge is 2.32. The van der Waals surface area contributed by atoms with Crippen molar-refractivity contribution in [3.63, 3.8) is 0 Å². The fraction of sp³-hybridized carbons (Fsp3) is 0.318. The molecule has 5 rings (SSSR count). The largest absolute Gasteiger partial charge is 0.378 e. The molecule has 0 bridgehead atoms. The quantitative estimate of drug-likeness (QED) is 0.456. The van der Waals surface area contributed by atoms with Gasteiger partial charge in [-0.2, -0.15) is 15.0 Å². The molecule has 0 spiro atoms. The third-order valence-corrected chi connectivity index (χ3v) is 5.62. The molecule has 0 saturated carbocycles. The monoisotopic (exact) mass is 464 g/mol. The van der Waals surface area contributed by atoms with E-state index in [1.807, 2.05) is 45.4 Å². The van der Waals surface area contributed by atoms with E-state index in [0.717, 1.165) is 5.56 Å². The van der Waals surface area contributed by atoms with Gasteiger partial charge in [0.1, 0.15) is 17.7 Å². The normalized spacial score (nSPS) is 14.9. The lowest BCUT2D eigenvalue weighted by atomic mass is 10.0. The highest BCUT2D eigenvalue weighted by atomic mass is 19.1. The van der Waals surface area contributed by atoms with Crippen molar-refractivity contribution in [3.05, 3.63) is 66.4 Å². The smallest absolute Gasteiger partial charge is 0.238 e. The number of morpholine rings is 1. The number of nitrogen functional groups attached to an aromatic ring is 1. The number of rotatable bonds is 6. The van der Waals surface area contributed by atoms with Gasteiger partial charge >= 0.3 is 0 Å². The maximum atomic E-state index is 13.8. The lowest BCUT2D eigenvalue weighted by Gasteiger charge is -2.32. The summed E-state index contributed by atoms with van der Waals surface area (Å²) in [6, 6.07) is 5.76.